The number of aromatic nitrogens is 2. The third-order valence-electron chi connectivity index (χ3n) is 4.65. The van der Waals surface area contributed by atoms with Crippen molar-refractivity contribution in [3.8, 4) is 11.8 Å². The standard InChI is InChI=1S/C9H7NO3.C9H11NO2.C4H8O.Al.Li.4H/c11-4-7-2-1-6-3-8(12)5-13-9(6)10-7;11-6-8-4-3-7-2-1-5-12-9(7)10-8;1-2-4-5-3-1;;;;;;/h1-2,4H,3,5H2;3-4,11H,1-2,5-6H2;1-4H2;;;;;;/q;;;;+1;;;;-1. The Hall–Kier alpha value is -1.71. The van der Waals surface area contributed by atoms with Gasteiger partial charge in [0.25, 0.3) is 0 Å². The summed E-state index contributed by atoms with van der Waals surface area (Å²) in [4.78, 5) is 29.4. The predicted octanol–water partition coefficient (Wildman–Crippen LogP) is -1.97. The molecule has 0 unspecified atom stereocenters. The third kappa shape index (κ3) is 8.67. The van der Waals surface area contributed by atoms with Gasteiger partial charge in [-0.2, -0.15) is 0 Å². The summed E-state index contributed by atoms with van der Waals surface area (Å²) in [6.45, 7) is 2.79. The Bertz CT molecular complexity index is 878. The molecule has 0 spiro atoms. The number of hydrogen-bond acceptors (Lipinski definition) is 8. The van der Waals surface area contributed by atoms with Crippen LogP contribution in [0, 0.1) is 0 Å². The fraction of sp³-hybridized carbons (Fsp3) is 0.455. The van der Waals surface area contributed by atoms with E-state index < -0.39 is 0 Å². The molecule has 10 heteroatoms. The van der Waals surface area contributed by atoms with Crippen molar-refractivity contribution in [1.82, 2.24) is 9.97 Å². The van der Waals surface area contributed by atoms with Crippen molar-refractivity contribution in [3.63, 3.8) is 0 Å². The molecule has 0 radical (unpaired) electrons. The number of carbonyl (C=O) groups excluding carboxylic acids is 2. The van der Waals surface area contributed by atoms with Crippen molar-refractivity contribution in [2.24, 2.45) is 0 Å². The van der Waals surface area contributed by atoms with Crippen LogP contribution >= 0.6 is 0 Å². The average Bonchev–Trinajstić information content (AvgIpc) is 3.39. The number of nitrogens with zero attached hydrogens (tertiary/aromatic N) is 2. The third-order valence-corrected chi connectivity index (χ3v) is 4.65. The normalized spacial score (nSPS) is 15.3. The molecule has 1 saturated heterocycles. The van der Waals surface area contributed by atoms with Crippen LogP contribution < -0.4 is 28.3 Å². The van der Waals surface area contributed by atoms with Crippen LogP contribution in [-0.4, -0.2) is 70.9 Å². The van der Waals surface area contributed by atoms with E-state index in [1.165, 1.54) is 12.8 Å². The van der Waals surface area contributed by atoms with Crippen molar-refractivity contribution in [2.75, 3.05) is 26.4 Å². The maximum absolute atomic E-state index is 11.0. The summed E-state index contributed by atoms with van der Waals surface area (Å²) in [7, 11) is 0. The van der Waals surface area contributed by atoms with Gasteiger partial charge in [-0.05, 0) is 37.8 Å². The molecule has 1 N–H and O–H groups in total. The molecular formula is C22H30AlLiN2O6. The van der Waals surface area contributed by atoms with E-state index in [9.17, 15) is 9.59 Å². The zero-order valence-corrected chi connectivity index (χ0v) is 17.8. The molecule has 0 aromatic carbocycles. The molecule has 5 rings (SSSR count). The largest absolute Gasteiger partial charge is 1.00 e. The number of carbonyl (C=O) groups is 2. The molecule has 5 heterocycles. The van der Waals surface area contributed by atoms with E-state index in [0.717, 1.165) is 43.8 Å². The van der Waals surface area contributed by atoms with E-state index in [1.54, 1.807) is 12.1 Å². The Morgan fingerprint density at radius 3 is 2.34 bits per heavy atom. The van der Waals surface area contributed by atoms with E-state index in [1.807, 2.05) is 12.1 Å². The number of rotatable bonds is 2. The Labute approximate surface area is 211 Å². The predicted molar refractivity (Wildman–Crippen MR) is 119 cm³/mol. The van der Waals surface area contributed by atoms with Gasteiger partial charge in [-0.25, -0.2) is 9.97 Å². The number of ether oxygens (including phenoxy) is 3. The minimum Gasteiger partial charge on any atom is -1.00 e. The van der Waals surface area contributed by atoms with Crippen molar-refractivity contribution in [1.29, 1.82) is 0 Å². The van der Waals surface area contributed by atoms with Crippen LogP contribution in [0.4, 0.5) is 0 Å². The summed E-state index contributed by atoms with van der Waals surface area (Å²) in [6.07, 6.45) is 5.66. The van der Waals surface area contributed by atoms with E-state index in [0.29, 0.717) is 35.9 Å². The monoisotopic (exact) mass is 452 g/mol. The van der Waals surface area contributed by atoms with Gasteiger partial charge < -0.3 is 20.7 Å². The Kier molecular flexibility index (Phi) is 13.4. The summed E-state index contributed by atoms with van der Waals surface area (Å²) in [5.41, 5.74) is 2.91. The molecule has 8 nitrogen and oxygen atoms in total. The molecule has 1 fully saturated rings. The quantitative estimate of drug-likeness (QED) is 0.413. The summed E-state index contributed by atoms with van der Waals surface area (Å²) in [5, 5.41) is 8.82. The van der Waals surface area contributed by atoms with E-state index in [2.05, 4.69) is 9.97 Å². The van der Waals surface area contributed by atoms with Gasteiger partial charge in [0, 0.05) is 30.8 Å². The average molecular weight is 452 g/mol. The maximum atomic E-state index is 11.0. The fourth-order valence-corrected chi connectivity index (χ4v) is 3.07. The second kappa shape index (κ2) is 15.2. The molecule has 32 heavy (non-hydrogen) atoms. The van der Waals surface area contributed by atoms with E-state index in [-0.39, 0.29) is 56.6 Å². The summed E-state index contributed by atoms with van der Waals surface area (Å²) >= 11 is 0. The number of aliphatic hydroxyl groups excluding tert-OH is 1. The van der Waals surface area contributed by atoms with Crippen LogP contribution in [0.5, 0.6) is 11.8 Å². The summed E-state index contributed by atoms with van der Waals surface area (Å²) in [5.74, 6) is 1.14. The van der Waals surface area contributed by atoms with Gasteiger partial charge in [-0.3, -0.25) is 9.59 Å². The van der Waals surface area contributed by atoms with Crippen molar-refractivity contribution < 1.29 is 49.2 Å². The number of Topliss-reactive ketones (excluding diaryl/α,β-unsaturated/α-hetero) is 1. The number of pyridine rings is 2. The molecule has 0 amide bonds. The molecule has 0 saturated carbocycles. The van der Waals surface area contributed by atoms with Crippen LogP contribution in [0.3, 0.4) is 0 Å². The number of ketones is 1. The van der Waals surface area contributed by atoms with Crippen LogP contribution in [0.1, 0.15) is 48.0 Å². The van der Waals surface area contributed by atoms with Crippen LogP contribution in [-0.2, 0) is 29.0 Å². The maximum Gasteiger partial charge on any atom is 1.00 e. The number of aryl methyl sites for hydroxylation is 1. The molecule has 3 aliphatic heterocycles. The van der Waals surface area contributed by atoms with Gasteiger partial charge in [0.05, 0.1) is 18.9 Å². The van der Waals surface area contributed by atoms with Crippen molar-refractivity contribution in [2.45, 2.75) is 38.7 Å². The second-order valence-corrected chi connectivity index (χ2v) is 7.02. The summed E-state index contributed by atoms with van der Waals surface area (Å²) < 4.78 is 15.3. The Morgan fingerprint density at radius 2 is 1.69 bits per heavy atom. The first-order chi connectivity index (χ1) is 14.7. The molecule has 2 aromatic rings. The summed E-state index contributed by atoms with van der Waals surface area (Å²) in [6, 6.07) is 7.09. The first-order valence-electron chi connectivity index (χ1n) is 10.1. The van der Waals surface area contributed by atoms with Gasteiger partial charge in [-0.1, -0.05) is 12.1 Å². The van der Waals surface area contributed by atoms with Crippen LogP contribution in [0.25, 0.3) is 0 Å². The number of hydrogen-bond donors (Lipinski definition) is 1. The molecule has 0 atom stereocenters. The molecule has 3 aliphatic rings. The molecule has 0 aliphatic carbocycles. The molecule has 0 bridgehead atoms. The molecule has 168 valence electrons. The van der Waals surface area contributed by atoms with Gasteiger partial charge >= 0.3 is 18.9 Å². The zero-order valence-electron chi connectivity index (χ0n) is 18.8. The van der Waals surface area contributed by atoms with Crippen molar-refractivity contribution in [3.05, 3.63) is 46.8 Å². The second-order valence-electron chi connectivity index (χ2n) is 7.02. The number of fused-ring (bicyclic) bond motifs is 2. The van der Waals surface area contributed by atoms with Gasteiger partial charge in [0.1, 0.15) is 12.3 Å². The Balaban J connectivity index is 0.000000479. The van der Waals surface area contributed by atoms with Gasteiger partial charge in [-0.15, -0.1) is 0 Å². The van der Waals surface area contributed by atoms with E-state index >= 15 is 0 Å². The van der Waals surface area contributed by atoms with Gasteiger partial charge in [0.2, 0.25) is 11.8 Å². The fourth-order valence-electron chi connectivity index (χ4n) is 3.07. The van der Waals surface area contributed by atoms with E-state index in [4.69, 9.17) is 19.3 Å². The number of aliphatic hydroxyl groups is 1. The minimum absolute atomic E-state index is 0. The first kappa shape index (κ1) is 28.3. The zero-order chi connectivity index (χ0) is 21.2. The Morgan fingerprint density at radius 1 is 0.969 bits per heavy atom. The molecule has 2 aromatic heterocycles. The van der Waals surface area contributed by atoms with Crippen molar-refractivity contribution >= 4 is 29.4 Å². The minimum atomic E-state index is -0.0172. The topological polar surface area (TPSA) is 108 Å². The van der Waals surface area contributed by atoms with Crippen LogP contribution in [0.15, 0.2) is 24.3 Å². The van der Waals surface area contributed by atoms with Gasteiger partial charge in [0.15, 0.2) is 29.4 Å². The van der Waals surface area contributed by atoms with Crippen LogP contribution in [0.2, 0.25) is 0 Å². The number of aldehydes is 1. The smallest absolute Gasteiger partial charge is 1.00 e. The SMILES string of the molecule is C1CCOC1.O=Cc1ccc2c(n1)OCC(=O)C2.OCc1ccc2c(n1)OCCC2.[AlH3].[H-].[Li+]. The molecular weight excluding hydrogens is 422 g/mol. The first-order valence-corrected chi connectivity index (χ1v) is 10.1.